The van der Waals surface area contributed by atoms with Gasteiger partial charge >= 0.3 is 12.1 Å². The van der Waals surface area contributed by atoms with Gasteiger partial charge < -0.3 is 9.47 Å². The first-order chi connectivity index (χ1) is 15.6. The van der Waals surface area contributed by atoms with Crippen LogP contribution >= 0.6 is 11.3 Å². The van der Waals surface area contributed by atoms with Crippen molar-refractivity contribution in [3.05, 3.63) is 84.9 Å². The van der Waals surface area contributed by atoms with Crippen molar-refractivity contribution in [2.24, 2.45) is 10.9 Å². The molecule has 0 spiro atoms. The Bertz CT molecular complexity index is 1440. The van der Waals surface area contributed by atoms with E-state index in [0.717, 1.165) is 23.5 Å². The third-order valence-electron chi connectivity index (χ3n) is 5.87. The summed E-state index contributed by atoms with van der Waals surface area (Å²) in [5.74, 6) is -0.931. The molecule has 0 amide bonds. The van der Waals surface area contributed by atoms with Gasteiger partial charge in [-0.3, -0.25) is 14.2 Å². The molecule has 0 N–H and O–H groups in total. The fourth-order valence-corrected chi connectivity index (χ4v) is 5.45. The lowest BCUT2D eigenvalue weighted by Gasteiger charge is -2.44. The van der Waals surface area contributed by atoms with E-state index in [1.54, 1.807) is 31.2 Å². The van der Waals surface area contributed by atoms with Crippen LogP contribution < -0.4 is 19.6 Å². The number of halogens is 3. The number of hydrogen-bond acceptors (Lipinski definition) is 6. The molecule has 0 saturated heterocycles. The van der Waals surface area contributed by atoms with E-state index in [1.165, 1.54) is 29.9 Å². The van der Waals surface area contributed by atoms with Crippen LogP contribution in [0, 0.1) is 5.92 Å². The Balaban J connectivity index is 1.71. The van der Waals surface area contributed by atoms with Gasteiger partial charge in [-0.1, -0.05) is 41.7 Å². The van der Waals surface area contributed by atoms with E-state index in [2.05, 4.69) is 4.99 Å². The predicted octanol–water partition coefficient (Wildman–Crippen LogP) is 2.88. The average molecular weight is 474 g/mol. The Morgan fingerprint density at radius 3 is 2.58 bits per heavy atom. The zero-order valence-corrected chi connectivity index (χ0v) is 18.2. The molecule has 3 atom stereocenters. The number of ether oxygens (including phenoxy) is 2. The molecule has 2 unspecified atom stereocenters. The maximum atomic E-state index is 13.4. The number of methoxy groups -OCH3 is 1. The number of thiazole rings is 1. The normalized spacial score (nSPS) is 23.7. The smallest absolute Gasteiger partial charge is 0.416 e. The average Bonchev–Trinajstić information content (AvgIpc) is 3.06. The molecule has 0 radical (unpaired) electrons. The number of nitrogens with zero attached hydrogens (tertiary/aromatic N) is 2. The van der Waals surface area contributed by atoms with Gasteiger partial charge in [0.25, 0.3) is 5.56 Å². The first-order valence-corrected chi connectivity index (χ1v) is 10.8. The summed E-state index contributed by atoms with van der Waals surface area (Å²) in [6, 6.07) is 11.0. The predicted molar refractivity (Wildman–Crippen MR) is 113 cm³/mol. The lowest BCUT2D eigenvalue weighted by atomic mass is 9.81. The van der Waals surface area contributed by atoms with Gasteiger partial charge in [-0.15, -0.1) is 0 Å². The zero-order valence-electron chi connectivity index (χ0n) is 17.4. The van der Waals surface area contributed by atoms with E-state index in [-0.39, 0.29) is 4.53 Å². The molecule has 0 fully saturated rings. The fraction of sp³-hybridized carbons (Fsp3) is 0.261. The highest BCUT2D eigenvalue weighted by Crippen LogP contribution is 2.47. The summed E-state index contributed by atoms with van der Waals surface area (Å²) in [6.07, 6.45) is -2.93. The molecule has 0 aliphatic carbocycles. The first-order valence-electron chi connectivity index (χ1n) is 9.98. The second-order valence-electron chi connectivity index (χ2n) is 7.94. The van der Waals surface area contributed by atoms with Crippen molar-refractivity contribution in [2.45, 2.75) is 24.9 Å². The summed E-state index contributed by atoms with van der Waals surface area (Å²) >= 11 is 1.09. The van der Waals surface area contributed by atoms with Crippen molar-refractivity contribution in [3.8, 4) is 5.75 Å². The second kappa shape index (κ2) is 7.31. The highest BCUT2D eigenvalue weighted by Gasteiger charge is 2.55. The fourth-order valence-electron chi connectivity index (χ4n) is 4.35. The van der Waals surface area contributed by atoms with E-state index in [0.29, 0.717) is 21.7 Å². The van der Waals surface area contributed by atoms with Gasteiger partial charge in [0.2, 0.25) is 5.72 Å². The van der Waals surface area contributed by atoms with Crippen molar-refractivity contribution in [1.82, 2.24) is 4.57 Å². The molecular weight excluding hydrogens is 457 g/mol. The van der Waals surface area contributed by atoms with E-state index in [4.69, 9.17) is 9.47 Å². The monoisotopic (exact) mass is 474 g/mol. The summed E-state index contributed by atoms with van der Waals surface area (Å²) in [4.78, 5) is 31.1. The Hall–Kier alpha value is -3.40. The molecule has 33 heavy (non-hydrogen) atoms. The van der Waals surface area contributed by atoms with Crippen LogP contribution in [0.3, 0.4) is 0 Å². The van der Waals surface area contributed by atoms with Gasteiger partial charge in [0.15, 0.2) is 4.80 Å². The molecule has 2 bridgehead atoms. The van der Waals surface area contributed by atoms with Crippen LogP contribution in [0.25, 0.3) is 6.08 Å². The lowest BCUT2D eigenvalue weighted by Crippen LogP contribution is -2.58. The van der Waals surface area contributed by atoms with Crippen LogP contribution in [-0.2, 0) is 15.7 Å². The van der Waals surface area contributed by atoms with Crippen LogP contribution in [-0.4, -0.2) is 23.4 Å². The lowest BCUT2D eigenvalue weighted by molar-refractivity contribution is -0.158. The molecule has 0 saturated carbocycles. The van der Waals surface area contributed by atoms with Crippen molar-refractivity contribution in [2.75, 3.05) is 7.11 Å². The Morgan fingerprint density at radius 2 is 1.91 bits per heavy atom. The minimum Gasteiger partial charge on any atom is -0.469 e. The van der Waals surface area contributed by atoms with Gasteiger partial charge in [-0.25, -0.2) is 4.99 Å². The van der Waals surface area contributed by atoms with Crippen molar-refractivity contribution >= 4 is 23.4 Å². The van der Waals surface area contributed by atoms with Gasteiger partial charge in [0.1, 0.15) is 11.7 Å². The maximum absolute atomic E-state index is 13.4. The molecule has 2 aliphatic heterocycles. The number of alkyl halides is 3. The summed E-state index contributed by atoms with van der Waals surface area (Å²) in [5.41, 5.74) is -1.35. The number of carbonyl (C=O) groups excluding carboxylic acids is 1. The summed E-state index contributed by atoms with van der Waals surface area (Å²) in [5, 5.41) is 0. The number of fused-ring (bicyclic) bond motifs is 6. The topological polar surface area (TPSA) is 69.9 Å². The minimum absolute atomic E-state index is 0.283. The molecule has 6 nitrogen and oxygen atoms in total. The highest BCUT2D eigenvalue weighted by molar-refractivity contribution is 7.07. The Morgan fingerprint density at radius 1 is 1.21 bits per heavy atom. The van der Waals surface area contributed by atoms with Crippen LogP contribution in [0.4, 0.5) is 13.2 Å². The van der Waals surface area contributed by atoms with Gasteiger partial charge in [-0.2, -0.15) is 13.2 Å². The van der Waals surface area contributed by atoms with Crippen LogP contribution in [0.15, 0.2) is 58.3 Å². The zero-order chi connectivity index (χ0) is 23.5. The number of rotatable bonds is 2. The molecule has 10 heteroatoms. The SMILES string of the molecule is COC(=O)C1C2c3ccccc3O[C@]1(C)N=c1s/c(=C/c3ccc(C(F)(F)F)cc3)c(=O)n12. The van der Waals surface area contributed by atoms with Gasteiger partial charge in [0.05, 0.1) is 23.2 Å². The summed E-state index contributed by atoms with van der Waals surface area (Å²) < 4.78 is 51.4. The summed E-state index contributed by atoms with van der Waals surface area (Å²) in [6.45, 7) is 1.67. The molecule has 2 aromatic carbocycles. The number of esters is 1. The van der Waals surface area contributed by atoms with E-state index in [1.807, 2.05) is 0 Å². The van der Waals surface area contributed by atoms with E-state index >= 15 is 0 Å². The van der Waals surface area contributed by atoms with Gasteiger partial charge in [-0.05, 0) is 36.8 Å². The molecule has 3 aromatic rings. The van der Waals surface area contributed by atoms with Crippen LogP contribution in [0.2, 0.25) is 0 Å². The second-order valence-corrected chi connectivity index (χ2v) is 8.95. The molecular formula is C23H17F3N2O4S. The Labute approximate surface area is 189 Å². The number of para-hydroxylation sites is 1. The third-order valence-corrected chi connectivity index (χ3v) is 6.85. The van der Waals surface area contributed by atoms with E-state index in [9.17, 15) is 22.8 Å². The molecule has 5 rings (SSSR count). The number of benzene rings is 2. The van der Waals surface area contributed by atoms with Crippen LogP contribution in [0.5, 0.6) is 5.75 Å². The molecule has 170 valence electrons. The quantitative estimate of drug-likeness (QED) is 0.536. The molecule has 2 aliphatic rings. The number of aromatic nitrogens is 1. The first kappa shape index (κ1) is 21.4. The van der Waals surface area contributed by atoms with E-state index < -0.39 is 41.0 Å². The summed E-state index contributed by atoms with van der Waals surface area (Å²) in [7, 11) is 1.27. The van der Waals surface area contributed by atoms with Crippen LogP contribution in [0.1, 0.15) is 29.7 Å². The largest absolute Gasteiger partial charge is 0.469 e. The Kier molecular flexibility index (Phi) is 4.75. The van der Waals surface area contributed by atoms with Crippen molar-refractivity contribution in [1.29, 1.82) is 0 Å². The molecule has 3 heterocycles. The minimum atomic E-state index is -4.44. The molecule has 1 aromatic heterocycles. The number of hydrogen-bond donors (Lipinski definition) is 0. The van der Waals surface area contributed by atoms with Gasteiger partial charge in [0, 0.05) is 5.56 Å². The highest BCUT2D eigenvalue weighted by atomic mass is 32.1. The number of carbonyl (C=O) groups is 1. The maximum Gasteiger partial charge on any atom is 0.416 e. The third kappa shape index (κ3) is 3.36. The van der Waals surface area contributed by atoms with Crippen molar-refractivity contribution in [3.63, 3.8) is 0 Å². The standard InChI is InChI=1S/C23H17F3N2O4S/c1-22-17(20(30)31-2)18(14-5-3-4-6-15(14)32-22)28-19(29)16(33-21(28)27-22)11-12-7-9-13(10-8-12)23(24,25)26/h3-11,17-18H,1-2H3/b16-11+/t17?,18?,22-/m0/s1. The van der Waals surface area contributed by atoms with Crippen molar-refractivity contribution < 1.29 is 27.4 Å².